The third-order valence-electron chi connectivity index (χ3n) is 3.58. The Labute approximate surface area is 143 Å². The summed E-state index contributed by atoms with van der Waals surface area (Å²) in [5, 5.41) is 9.86. The number of fused-ring (bicyclic) bond motifs is 1. The average Bonchev–Trinajstić information content (AvgIpc) is 3.17. The Bertz CT molecular complexity index is 964. The molecule has 1 N–H and O–H groups in total. The zero-order valence-corrected chi connectivity index (χ0v) is 13.6. The molecule has 8 heteroatoms. The number of Topliss-reactive ketones (excluding diaryl/α,β-unsaturated/α-hetero) is 1. The van der Waals surface area contributed by atoms with Crippen molar-refractivity contribution in [2.24, 2.45) is 0 Å². The lowest BCUT2D eigenvalue weighted by atomic mass is 10.1. The molecule has 0 fully saturated rings. The second-order valence-electron chi connectivity index (χ2n) is 5.14. The van der Waals surface area contributed by atoms with Gasteiger partial charge in [-0.05, 0) is 25.1 Å². The minimum atomic E-state index is -0.825. The summed E-state index contributed by atoms with van der Waals surface area (Å²) in [5.41, 5.74) is 1.04. The zero-order valence-electron chi connectivity index (χ0n) is 13.6. The number of pyridine rings is 1. The molecule has 0 aliphatic carbocycles. The number of nitrogens with one attached hydrogen (secondary N) is 1. The number of ether oxygens (including phenoxy) is 2. The standard InChI is InChI=1S/C17H14N4O4/c1-3-24-17(23)13-14(22)12(25-16(13)21(2)9-18)7-10-8-20-15-11(10)5-4-6-19-15/h4-8H,3H2,1-2H3,(H,19,20)/b12-7-. The van der Waals surface area contributed by atoms with E-state index < -0.39 is 11.8 Å². The van der Waals surface area contributed by atoms with Crippen LogP contribution in [0.25, 0.3) is 17.1 Å². The van der Waals surface area contributed by atoms with Crippen LogP contribution in [0.2, 0.25) is 0 Å². The minimum absolute atomic E-state index is 0.0649. The van der Waals surface area contributed by atoms with E-state index in [4.69, 9.17) is 14.7 Å². The average molecular weight is 338 g/mol. The van der Waals surface area contributed by atoms with E-state index in [1.165, 1.54) is 13.1 Å². The van der Waals surface area contributed by atoms with Crippen LogP contribution in [0.5, 0.6) is 0 Å². The summed E-state index contributed by atoms with van der Waals surface area (Å²) in [6, 6.07) is 3.61. The number of nitrogens with zero attached hydrogens (tertiary/aromatic N) is 3. The topological polar surface area (TPSA) is 108 Å². The number of H-pyrrole nitrogens is 1. The molecule has 0 saturated heterocycles. The number of hydrogen-bond donors (Lipinski definition) is 1. The number of esters is 1. The number of carbonyl (C=O) groups is 2. The molecule has 0 saturated carbocycles. The van der Waals surface area contributed by atoms with E-state index in [9.17, 15) is 9.59 Å². The van der Waals surface area contributed by atoms with Gasteiger partial charge < -0.3 is 14.5 Å². The first kappa shape index (κ1) is 16.3. The van der Waals surface area contributed by atoms with Crippen molar-refractivity contribution in [3.8, 4) is 6.19 Å². The number of allylic oxidation sites excluding steroid dienone is 1. The molecule has 2 aromatic rings. The predicted molar refractivity (Wildman–Crippen MR) is 87.2 cm³/mol. The molecule has 8 nitrogen and oxygen atoms in total. The number of rotatable bonds is 4. The first-order chi connectivity index (χ1) is 12.1. The van der Waals surface area contributed by atoms with E-state index in [2.05, 4.69) is 9.97 Å². The molecular formula is C17H14N4O4. The summed E-state index contributed by atoms with van der Waals surface area (Å²) in [7, 11) is 1.39. The number of aromatic nitrogens is 2. The quantitative estimate of drug-likeness (QED) is 0.297. The lowest BCUT2D eigenvalue weighted by Gasteiger charge is -2.10. The Balaban J connectivity index is 2.02. The Morgan fingerprint density at radius 2 is 2.36 bits per heavy atom. The largest absolute Gasteiger partial charge is 0.462 e. The highest BCUT2D eigenvalue weighted by atomic mass is 16.5. The number of nitriles is 1. The molecule has 3 heterocycles. The highest BCUT2D eigenvalue weighted by Crippen LogP contribution is 2.30. The van der Waals surface area contributed by atoms with E-state index >= 15 is 0 Å². The molecule has 1 aliphatic rings. The number of aromatic amines is 1. The van der Waals surface area contributed by atoms with Crippen molar-refractivity contribution >= 4 is 28.9 Å². The molecule has 126 valence electrons. The maximum atomic E-state index is 12.6. The number of carbonyl (C=O) groups excluding carboxylic acids is 2. The smallest absolute Gasteiger partial charge is 0.347 e. The van der Waals surface area contributed by atoms with Crippen molar-refractivity contribution in [2.75, 3.05) is 13.7 Å². The van der Waals surface area contributed by atoms with Crippen LogP contribution >= 0.6 is 0 Å². The Morgan fingerprint density at radius 1 is 1.56 bits per heavy atom. The van der Waals surface area contributed by atoms with Gasteiger partial charge in [-0.1, -0.05) is 0 Å². The first-order valence-electron chi connectivity index (χ1n) is 7.48. The molecule has 0 spiro atoms. The van der Waals surface area contributed by atoms with Crippen LogP contribution in [0.15, 0.2) is 41.7 Å². The molecule has 0 amide bonds. The van der Waals surface area contributed by atoms with Gasteiger partial charge in [0.1, 0.15) is 5.65 Å². The maximum Gasteiger partial charge on any atom is 0.347 e. The van der Waals surface area contributed by atoms with Gasteiger partial charge in [0, 0.05) is 30.4 Å². The van der Waals surface area contributed by atoms with Crippen molar-refractivity contribution in [1.82, 2.24) is 14.9 Å². The van der Waals surface area contributed by atoms with Crippen LogP contribution in [0.1, 0.15) is 12.5 Å². The second kappa shape index (κ2) is 6.49. The molecule has 0 aromatic carbocycles. The molecule has 2 aromatic heterocycles. The predicted octanol–water partition coefficient (Wildman–Crippen LogP) is 1.69. The van der Waals surface area contributed by atoms with Crippen LogP contribution in [0, 0.1) is 11.5 Å². The molecule has 25 heavy (non-hydrogen) atoms. The van der Waals surface area contributed by atoms with Crippen LogP contribution in [-0.2, 0) is 19.1 Å². The molecule has 0 unspecified atom stereocenters. The van der Waals surface area contributed by atoms with E-state index in [1.54, 1.807) is 25.4 Å². The molecule has 0 radical (unpaired) electrons. The zero-order chi connectivity index (χ0) is 18.0. The van der Waals surface area contributed by atoms with Crippen LogP contribution < -0.4 is 0 Å². The molecule has 3 rings (SSSR count). The van der Waals surface area contributed by atoms with Gasteiger partial charge in [0.25, 0.3) is 0 Å². The fourth-order valence-corrected chi connectivity index (χ4v) is 2.42. The Kier molecular flexibility index (Phi) is 4.22. The van der Waals surface area contributed by atoms with Crippen molar-refractivity contribution in [3.05, 3.63) is 47.3 Å². The molecule has 0 atom stereocenters. The summed E-state index contributed by atoms with van der Waals surface area (Å²) >= 11 is 0. The normalized spacial score (nSPS) is 15.4. The van der Waals surface area contributed by atoms with Gasteiger partial charge in [0.15, 0.2) is 17.5 Å². The third kappa shape index (κ3) is 2.83. The van der Waals surface area contributed by atoms with Crippen LogP contribution in [0.3, 0.4) is 0 Å². The van der Waals surface area contributed by atoms with Crippen LogP contribution in [0.4, 0.5) is 0 Å². The lowest BCUT2D eigenvalue weighted by Crippen LogP contribution is -2.18. The number of ketones is 1. The minimum Gasteiger partial charge on any atom is -0.462 e. The van der Waals surface area contributed by atoms with Gasteiger partial charge in [-0.2, -0.15) is 5.26 Å². The van der Waals surface area contributed by atoms with E-state index in [1.807, 2.05) is 12.3 Å². The lowest BCUT2D eigenvalue weighted by molar-refractivity contribution is -0.139. The fraction of sp³-hybridized carbons (Fsp3) is 0.176. The SMILES string of the molecule is CCOC(=O)C1=C(N(C)C#N)O/C(=C\c2c[nH]c3ncccc23)C1=O. The highest BCUT2D eigenvalue weighted by molar-refractivity contribution is 6.26. The molecule has 1 aliphatic heterocycles. The molecule has 0 bridgehead atoms. The highest BCUT2D eigenvalue weighted by Gasteiger charge is 2.38. The van der Waals surface area contributed by atoms with Crippen molar-refractivity contribution in [2.45, 2.75) is 6.92 Å². The van der Waals surface area contributed by atoms with Gasteiger partial charge in [0.2, 0.25) is 11.7 Å². The van der Waals surface area contributed by atoms with Gasteiger partial charge in [0.05, 0.1) is 6.61 Å². The molecular weight excluding hydrogens is 324 g/mol. The monoisotopic (exact) mass is 338 g/mol. The van der Waals surface area contributed by atoms with Crippen molar-refractivity contribution in [3.63, 3.8) is 0 Å². The van der Waals surface area contributed by atoms with Crippen LogP contribution in [-0.4, -0.2) is 40.3 Å². The van der Waals surface area contributed by atoms with Crippen molar-refractivity contribution in [1.29, 1.82) is 5.26 Å². The van der Waals surface area contributed by atoms with Gasteiger partial charge in [-0.3, -0.25) is 9.69 Å². The Morgan fingerprint density at radius 3 is 3.08 bits per heavy atom. The van der Waals surface area contributed by atoms with Gasteiger partial charge >= 0.3 is 5.97 Å². The summed E-state index contributed by atoms with van der Waals surface area (Å²) in [4.78, 5) is 32.8. The van der Waals surface area contributed by atoms with Gasteiger partial charge in [-0.15, -0.1) is 0 Å². The van der Waals surface area contributed by atoms with E-state index in [0.717, 1.165) is 10.3 Å². The van der Waals surface area contributed by atoms with E-state index in [0.29, 0.717) is 11.2 Å². The Hall–Kier alpha value is -3.60. The second-order valence-corrected chi connectivity index (χ2v) is 5.14. The third-order valence-corrected chi connectivity index (χ3v) is 3.58. The fourth-order valence-electron chi connectivity index (χ4n) is 2.42. The van der Waals surface area contributed by atoms with E-state index in [-0.39, 0.29) is 23.8 Å². The summed E-state index contributed by atoms with van der Waals surface area (Å²) in [6.07, 6.45) is 6.63. The van der Waals surface area contributed by atoms with Gasteiger partial charge in [-0.25, -0.2) is 9.78 Å². The number of hydrogen-bond acceptors (Lipinski definition) is 7. The maximum absolute atomic E-state index is 12.6. The summed E-state index contributed by atoms with van der Waals surface area (Å²) in [5.74, 6) is -1.66. The summed E-state index contributed by atoms with van der Waals surface area (Å²) in [6.45, 7) is 1.73. The first-order valence-corrected chi connectivity index (χ1v) is 7.48. The van der Waals surface area contributed by atoms with Crippen molar-refractivity contribution < 1.29 is 19.1 Å². The summed E-state index contributed by atoms with van der Waals surface area (Å²) < 4.78 is 10.4.